The predicted molar refractivity (Wildman–Crippen MR) is 112 cm³/mol. The number of hydrogen-bond acceptors (Lipinski definition) is 4. The topological polar surface area (TPSA) is 65.8 Å². The zero-order chi connectivity index (χ0) is 20.7. The SMILES string of the molecule is O=C1c2ccccc2C(=O)N1CC(O)CN1CCn2cccc2C1c1ccccc1. The summed E-state index contributed by atoms with van der Waals surface area (Å²) in [5.74, 6) is -0.663. The predicted octanol–water partition coefficient (Wildman–Crippen LogP) is 2.55. The molecule has 3 aromatic rings. The Kier molecular flexibility index (Phi) is 4.73. The van der Waals surface area contributed by atoms with E-state index >= 15 is 0 Å². The van der Waals surface area contributed by atoms with Crippen LogP contribution in [0.1, 0.15) is 38.0 Å². The van der Waals surface area contributed by atoms with E-state index in [1.165, 1.54) is 10.6 Å². The van der Waals surface area contributed by atoms with Crippen molar-refractivity contribution in [1.29, 1.82) is 0 Å². The molecule has 0 spiro atoms. The number of carbonyl (C=O) groups is 2. The lowest BCUT2D eigenvalue weighted by molar-refractivity contribution is 0.0411. The van der Waals surface area contributed by atoms with Crippen LogP contribution < -0.4 is 0 Å². The van der Waals surface area contributed by atoms with Crippen LogP contribution in [0.5, 0.6) is 0 Å². The average molecular weight is 401 g/mol. The van der Waals surface area contributed by atoms with Crippen LogP contribution in [0.4, 0.5) is 0 Å². The Bertz CT molecular complexity index is 1060. The molecule has 1 N–H and O–H groups in total. The van der Waals surface area contributed by atoms with Gasteiger partial charge in [0.1, 0.15) is 0 Å². The van der Waals surface area contributed by atoms with Crippen LogP contribution in [-0.2, 0) is 6.54 Å². The third-order valence-corrected chi connectivity index (χ3v) is 5.97. The standard InChI is InChI=1S/C24H23N3O3/c28-18(16-27-23(29)19-9-4-5-10-20(19)24(27)30)15-26-14-13-25-12-6-11-21(25)22(26)17-7-2-1-3-8-17/h1-12,18,22,28H,13-16H2. The molecule has 2 aliphatic rings. The van der Waals surface area contributed by atoms with Crippen molar-refractivity contribution >= 4 is 11.8 Å². The number of aliphatic hydroxyl groups is 1. The van der Waals surface area contributed by atoms with E-state index in [9.17, 15) is 14.7 Å². The van der Waals surface area contributed by atoms with E-state index in [1.54, 1.807) is 24.3 Å². The molecule has 2 unspecified atom stereocenters. The van der Waals surface area contributed by atoms with Crippen LogP contribution in [0.2, 0.25) is 0 Å². The molecule has 1 aromatic heterocycles. The third kappa shape index (κ3) is 3.14. The monoisotopic (exact) mass is 401 g/mol. The average Bonchev–Trinajstić information content (AvgIpc) is 3.33. The second-order valence-corrected chi connectivity index (χ2v) is 7.85. The minimum atomic E-state index is -0.833. The summed E-state index contributed by atoms with van der Waals surface area (Å²) in [4.78, 5) is 28.6. The fourth-order valence-corrected chi connectivity index (χ4v) is 4.59. The number of hydrogen-bond donors (Lipinski definition) is 1. The smallest absolute Gasteiger partial charge is 0.261 e. The Hall–Kier alpha value is -3.22. The van der Waals surface area contributed by atoms with Crippen molar-refractivity contribution < 1.29 is 14.7 Å². The molecule has 2 aliphatic heterocycles. The zero-order valence-corrected chi connectivity index (χ0v) is 16.5. The van der Waals surface area contributed by atoms with Gasteiger partial charge in [-0.1, -0.05) is 42.5 Å². The Morgan fingerprint density at radius 3 is 2.20 bits per heavy atom. The Morgan fingerprint density at radius 2 is 1.50 bits per heavy atom. The van der Waals surface area contributed by atoms with Crippen molar-refractivity contribution in [1.82, 2.24) is 14.4 Å². The van der Waals surface area contributed by atoms with Crippen molar-refractivity contribution in [2.75, 3.05) is 19.6 Å². The Morgan fingerprint density at radius 1 is 0.833 bits per heavy atom. The lowest BCUT2D eigenvalue weighted by Crippen LogP contribution is -2.46. The van der Waals surface area contributed by atoms with E-state index in [4.69, 9.17) is 0 Å². The first kappa shape index (κ1) is 18.8. The summed E-state index contributed by atoms with van der Waals surface area (Å²) in [7, 11) is 0. The van der Waals surface area contributed by atoms with Crippen molar-refractivity contribution in [2.45, 2.75) is 18.7 Å². The molecule has 0 saturated carbocycles. The van der Waals surface area contributed by atoms with Crippen LogP contribution in [0.3, 0.4) is 0 Å². The summed E-state index contributed by atoms with van der Waals surface area (Å²) >= 11 is 0. The van der Waals surface area contributed by atoms with Gasteiger partial charge in [0.05, 0.1) is 29.8 Å². The van der Waals surface area contributed by atoms with Gasteiger partial charge in [-0.15, -0.1) is 0 Å². The van der Waals surface area contributed by atoms with Crippen molar-refractivity contribution in [3.8, 4) is 0 Å². The van der Waals surface area contributed by atoms with Crippen LogP contribution in [0.25, 0.3) is 0 Å². The van der Waals surface area contributed by atoms with Gasteiger partial charge in [0, 0.05) is 31.5 Å². The lowest BCUT2D eigenvalue weighted by Gasteiger charge is -2.38. The molecule has 6 heteroatoms. The van der Waals surface area contributed by atoms with Gasteiger partial charge in [-0.2, -0.15) is 0 Å². The maximum absolute atomic E-state index is 12.6. The first-order valence-corrected chi connectivity index (χ1v) is 10.2. The van der Waals surface area contributed by atoms with E-state index in [0.717, 1.165) is 18.7 Å². The van der Waals surface area contributed by atoms with Gasteiger partial charge in [-0.3, -0.25) is 19.4 Å². The molecule has 5 rings (SSSR count). The number of nitrogens with zero attached hydrogens (tertiary/aromatic N) is 3. The fourth-order valence-electron chi connectivity index (χ4n) is 4.59. The third-order valence-electron chi connectivity index (χ3n) is 5.97. The highest BCUT2D eigenvalue weighted by atomic mass is 16.3. The minimum absolute atomic E-state index is 0.00856. The molecule has 0 radical (unpaired) electrons. The second kappa shape index (κ2) is 7.55. The van der Waals surface area contributed by atoms with Crippen LogP contribution in [-0.4, -0.2) is 57.0 Å². The molecule has 152 valence electrons. The molecule has 3 heterocycles. The van der Waals surface area contributed by atoms with Crippen molar-refractivity contribution in [2.24, 2.45) is 0 Å². The molecular weight excluding hydrogens is 378 g/mol. The molecule has 2 atom stereocenters. The van der Waals surface area contributed by atoms with Gasteiger partial charge in [-0.25, -0.2) is 0 Å². The first-order chi connectivity index (χ1) is 14.6. The van der Waals surface area contributed by atoms with Crippen molar-refractivity contribution in [3.63, 3.8) is 0 Å². The molecule has 30 heavy (non-hydrogen) atoms. The molecule has 2 amide bonds. The van der Waals surface area contributed by atoms with E-state index < -0.39 is 6.10 Å². The summed E-state index contributed by atoms with van der Waals surface area (Å²) in [5, 5.41) is 10.8. The van der Waals surface area contributed by atoms with Crippen LogP contribution >= 0.6 is 0 Å². The molecule has 0 fully saturated rings. The number of aliphatic hydroxyl groups excluding tert-OH is 1. The maximum atomic E-state index is 12.6. The summed E-state index contributed by atoms with van der Waals surface area (Å²) in [6, 6.07) is 21.2. The number of carbonyl (C=O) groups excluding carboxylic acids is 2. The Balaban J connectivity index is 1.35. The van der Waals surface area contributed by atoms with Gasteiger partial charge >= 0.3 is 0 Å². The zero-order valence-electron chi connectivity index (χ0n) is 16.5. The van der Waals surface area contributed by atoms with Gasteiger partial charge < -0.3 is 9.67 Å². The number of benzene rings is 2. The summed E-state index contributed by atoms with van der Waals surface area (Å²) in [6.45, 7) is 1.98. The van der Waals surface area contributed by atoms with Crippen LogP contribution in [0, 0.1) is 0 Å². The maximum Gasteiger partial charge on any atom is 0.261 e. The molecule has 2 aromatic carbocycles. The van der Waals surface area contributed by atoms with Gasteiger partial charge in [0.2, 0.25) is 0 Å². The fraction of sp³-hybridized carbons (Fsp3) is 0.250. The van der Waals surface area contributed by atoms with E-state index in [2.05, 4.69) is 33.9 Å². The second-order valence-electron chi connectivity index (χ2n) is 7.85. The van der Waals surface area contributed by atoms with E-state index in [1.807, 2.05) is 24.3 Å². The highest BCUT2D eigenvalue weighted by Gasteiger charge is 2.37. The highest BCUT2D eigenvalue weighted by molar-refractivity contribution is 6.21. The first-order valence-electron chi connectivity index (χ1n) is 10.2. The molecule has 0 bridgehead atoms. The van der Waals surface area contributed by atoms with Crippen molar-refractivity contribution in [3.05, 3.63) is 95.3 Å². The summed E-state index contributed by atoms with van der Waals surface area (Å²) in [6.07, 6.45) is 1.25. The number of amides is 2. The molecular formula is C24H23N3O3. The summed E-state index contributed by atoms with van der Waals surface area (Å²) < 4.78 is 2.24. The van der Waals surface area contributed by atoms with Crippen LogP contribution in [0.15, 0.2) is 72.9 Å². The van der Waals surface area contributed by atoms with Gasteiger partial charge in [-0.05, 0) is 29.8 Å². The number of aromatic nitrogens is 1. The van der Waals surface area contributed by atoms with E-state index in [-0.39, 0.29) is 24.4 Å². The number of imide groups is 1. The number of rotatable bonds is 5. The minimum Gasteiger partial charge on any atom is -0.390 e. The van der Waals surface area contributed by atoms with Gasteiger partial charge in [0.25, 0.3) is 11.8 Å². The molecule has 0 aliphatic carbocycles. The number of β-amino-alcohol motifs (C(OH)–C–C–N with tert-alkyl or cyclic N) is 1. The molecule has 6 nitrogen and oxygen atoms in total. The summed E-state index contributed by atoms with van der Waals surface area (Å²) in [5.41, 5.74) is 3.16. The lowest BCUT2D eigenvalue weighted by atomic mass is 9.99. The molecule has 0 saturated heterocycles. The normalized spacial score (nSPS) is 19.6. The highest BCUT2D eigenvalue weighted by Crippen LogP contribution is 2.32. The Labute approximate surface area is 175 Å². The van der Waals surface area contributed by atoms with Gasteiger partial charge in [0.15, 0.2) is 0 Å². The van der Waals surface area contributed by atoms with E-state index in [0.29, 0.717) is 17.7 Å². The number of fused-ring (bicyclic) bond motifs is 2. The largest absolute Gasteiger partial charge is 0.390 e. The quantitative estimate of drug-likeness (QED) is 0.668.